The predicted octanol–water partition coefficient (Wildman–Crippen LogP) is 4.17. The lowest BCUT2D eigenvalue weighted by Gasteiger charge is -2.06. The molecule has 0 saturated carbocycles. The van der Waals surface area contributed by atoms with Gasteiger partial charge in [-0.3, -0.25) is 15.1 Å². The summed E-state index contributed by atoms with van der Waals surface area (Å²) in [7, 11) is 0. The molecule has 3 aromatic rings. The Morgan fingerprint density at radius 3 is 2.83 bits per heavy atom. The Hall–Kier alpha value is -2.12. The van der Waals surface area contributed by atoms with Gasteiger partial charge in [0.1, 0.15) is 5.01 Å². The van der Waals surface area contributed by atoms with E-state index in [0.29, 0.717) is 16.4 Å². The molecule has 118 valence electrons. The van der Waals surface area contributed by atoms with E-state index in [0.717, 1.165) is 28.4 Å². The van der Waals surface area contributed by atoms with Gasteiger partial charge in [-0.1, -0.05) is 24.3 Å². The van der Waals surface area contributed by atoms with Crippen LogP contribution in [-0.4, -0.2) is 21.1 Å². The van der Waals surface area contributed by atoms with Gasteiger partial charge in [0.2, 0.25) is 5.13 Å². The van der Waals surface area contributed by atoms with Crippen LogP contribution in [0.2, 0.25) is 0 Å². The van der Waals surface area contributed by atoms with E-state index in [4.69, 9.17) is 0 Å². The number of rotatable bonds is 5. The van der Waals surface area contributed by atoms with Gasteiger partial charge in [0.25, 0.3) is 5.91 Å². The van der Waals surface area contributed by atoms with E-state index in [1.54, 1.807) is 17.4 Å². The first-order valence-corrected chi connectivity index (χ1v) is 9.02. The molecule has 0 aliphatic carbocycles. The number of aromatic nitrogens is 3. The van der Waals surface area contributed by atoms with Crippen LogP contribution in [0, 0.1) is 6.92 Å². The molecule has 0 bridgehead atoms. The van der Waals surface area contributed by atoms with Crippen LogP contribution in [-0.2, 0) is 6.42 Å². The topological polar surface area (TPSA) is 67.8 Å². The number of nitrogens with one attached hydrogen (secondary N) is 1. The van der Waals surface area contributed by atoms with Gasteiger partial charge < -0.3 is 0 Å². The molecule has 3 aromatic heterocycles. The lowest BCUT2D eigenvalue weighted by Crippen LogP contribution is -2.14. The SMILES string of the molecule is CCCc1nnc(NC(=O)c2ccc(-c3cccs3)nc2C)s1. The van der Waals surface area contributed by atoms with E-state index >= 15 is 0 Å². The van der Waals surface area contributed by atoms with Crippen LogP contribution in [0.1, 0.15) is 34.4 Å². The smallest absolute Gasteiger partial charge is 0.259 e. The fourth-order valence-electron chi connectivity index (χ4n) is 2.15. The standard InChI is InChI=1S/C16H16N4OS2/c1-3-5-14-19-20-16(23-14)18-15(21)11-7-8-12(17-10(11)2)13-6-4-9-22-13/h4,6-9H,3,5H2,1-2H3,(H,18,20,21). The van der Waals surface area contributed by atoms with Crippen molar-refractivity contribution in [1.82, 2.24) is 15.2 Å². The van der Waals surface area contributed by atoms with Gasteiger partial charge in [0, 0.05) is 6.42 Å². The van der Waals surface area contributed by atoms with E-state index in [2.05, 4.69) is 27.4 Å². The van der Waals surface area contributed by atoms with E-state index in [1.807, 2.05) is 30.5 Å². The van der Waals surface area contributed by atoms with Crippen LogP contribution in [0.5, 0.6) is 0 Å². The van der Waals surface area contributed by atoms with Crippen LogP contribution in [0.3, 0.4) is 0 Å². The summed E-state index contributed by atoms with van der Waals surface area (Å²) >= 11 is 3.04. The summed E-state index contributed by atoms with van der Waals surface area (Å²) < 4.78 is 0. The molecule has 5 nitrogen and oxygen atoms in total. The van der Waals surface area contributed by atoms with Crippen LogP contribution in [0.25, 0.3) is 10.6 Å². The molecular formula is C16H16N4OS2. The monoisotopic (exact) mass is 344 g/mol. The van der Waals surface area contributed by atoms with Crippen molar-refractivity contribution in [2.75, 3.05) is 5.32 Å². The molecule has 3 rings (SSSR count). The Bertz CT molecular complexity index is 811. The highest BCUT2D eigenvalue weighted by atomic mass is 32.1. The second-order valence-electron chi connectivity index (χ2n) is 5.01. The summed E-state index contributed by atoms with van der Waals surface area (Å²) in [4.78, 5) is 18.0. The highest BCUT2D eigenvalue weighted by Gasteiger charge is 2.14. The van der Waals surface area contributed by atoms with Gasteiger partial charge in [-0.15, -0.1) is 21.5 Å². The van der Waals surface area contributed by atoms with Crippen LogP contribution in [0.15, 0.2) is 29.6 Å². The van der Waals surface area contributed by atoms with Gasteiger partial charge in [0.15, 0.2) is 0 Å². The number of aryl methyl sites for hydroxylation is 2. The molecule has 0 unspecified atom stereocenters. The number of hydrogen-bond acceptors (Lipinski definition) is 6. The third-order valence-electron chi connectivity index (χ3n) is 3.26. The molecular weight excluding hydrogens is 328 g/mol. The summed E-state index contributed by atoms with van der Waals surface area (Å²) in [6, 6.07) is 7.68. The average Bonchev–Trinajstić information content (AvgIpc) is 3.19. The number of thiophene rings is 1. The zero-order chi connectivity index (χ0) is 16.2. The molecule has 23 heavy (non-hydrogen) atoms. The highest BCUT2D eigenvalue weighted by molar-refractivity contribution is 7.15. The minimum atomic E-state index is -0.202. The van der Waals surface area contributed by atoms with Gasteiger partial charge in [-0.05, 0) is 36.9 Å². The molecule has 0 radical (unpaired) electrons. The fraction of sp³-hybridized carbons (Fsp3) is 0.250. The van der Waals surface area contributed by atoms with Gasteiger partial charge in [-0.2, -0.15) is 0 Å². The Labute approximate surface area is 142 Å². The maximum Gasteiger partial charge on any atom is 0.259 e. The predicted molar refractivity (Wildman–Crippen MR) is 94.1 cm³/mol. The minimum Gasteiger partial charge on any atom is -0.296 e. The lowest BCUT2D eigenvalue weighted by molar-refractivity contribution is 0.102. The molecule has 0 aliphatic rings. The molecule has 0 atom stereocenters. The summed E-state index contributed by atoms with van der Waals surface area (Å²) in [5, 5.41) is 14.3. The summed E-state index contributed by atoms with van der Waals surface area (Å²) in [5.74, 6) is -0.202. The van der Waals surface area contributed by atoms with Crippen LogP contribution < -0.4 is 5.32 Å². The fourth-order valence-corrected chi connectivity index (χ4v) is 3.68. The Morgan fingerprint density at radius 1 is 1.26 bits per heavy atom. The van der Waals surface area contributed by atoms with Crippen molar-refractivity contribution >= 4 is 33.7 Å². The normalized spacial score (nSPS) is 10.7. The maximum atomic E-state index is 12.4. The first-order chi connectivity index (χ1) is 11.2. The Morgan fingerprint density at radius 2 is 2.13 bits per heavy atom. The quantitative estimate of drug-likeness (QED) is 0.754. The van der Waals surface area contributed by atoms with Crippen molar-refractivity contribution in [3.63, 3.8) is 0 Å². The van der Waals surface area contributed by atoms with Gasteiger partial charge in [-0.25, -0.2) is 0 Å². The molecule has 1 amide bonds. The number of nitrogens with zero attached hydrogens (tertiary/aromatic N) is 3. The Kier molecular flexibility index (Phi) is 4.78. The first-order valence-electron chi connectivity index (χ1n) is 7.32. The molecule has 0 spiro atoms. The molecule has 0 fully saturated rings. The Balaban J connectivity index is 1.76. The van der Waals surface area contributed by atoms with E-state index in [-0.39, 0.29) is 5.91 Å². The summed E-state index contributed by atoms with van der Waals surface area (Å²) in [6.45, 7) is 3.93. The van der Waals surface area contributed by atoms with Crippen molar-refractivity contribution in [3.05, 3.63) is 45.9 Å². The molecule has 0 aliphatic heterocycles. The third kappa shape index (κ3) is 3.62. The summed E-state index contributed by atoms with van der Waals surface area (Å²) in [5.41, 5.74) is 2.14. The molecule has 7 heteroatoms. The third-order valence-corrected chi connectivity index (χ3v) is 5.05. The number of anilines is 1. The van der Waals surface area contributed by atoms with Gasteiger partial charge in [0.05, 0.1) is 21.8 Å². The van der Waals surface area contributed by atoms with E-state index in [9.17, 15) is 4.79 Å². The maximum absolute atomic E-state index is 12.4. The van der Waals surface area contributed by atoms with Crippen LogP contribution in [0.4, 0.5) is 5.13 Å². The minimum absolute atomic E-state index is 0.202. The number of carbonyl (C=O) groups is 1. The molecule has 3 heterocycles. The molecule has 1 N–H and O–H groups in total. The molecule has 0 saturated heterocycles. The molecule has 0 aromatic carbocycles. The van der Waals surface area contributed by atoms with Crippen molar-refractivity contribution in [2.45, 2.75) is 26.7 Å². The second-order valence-corrected chi connectivity index (χ2v) is 7.02. The van der Waals surface area contributed by atoms with E-state index in [1.165, 1.54) is 11.3 Å². The highest BCUT2D eigenvalue weighted by Crippen LogP contribution is 2.24. The number of pyridine rings is 1. The van der Waals surface area contributed by atoms with Gasteiger partial charge >= 0.3 is 0 Å². The number of amides is 1. The lowest BCUT2D eigenvalue weighted by atomic mass is 10.1. The van der Waals surface area contributed by atoms with Crippen molar-refractivity contribution in [1.29, 1.82) is 0 Å². The first kappa shape index (κ1) is 15.8. The second kappa shape index (κ2) is 6.97. The number of carbonyl (C=O) groups excluding carboxylic acids is 1. The van der Waals surface area contributed by atoms with Crippen molar-refractivity contribution in [2.24, 2.45) is 0 Å². The average molecular weight is 344 g/mol. The zero-order valence-corrected chi connectivity index (χ0v) is 14.5. The zero-order valence-electron chi connectivity index (χ0n) is 12.9. The van der Waals surface area contributed by atoms with E-state index < -0.39 is 0 Å². The van der Waals surface area contributed by atoms with Crippen LogP contribution >= 0.6 is 22.7 Å². The van der Waals surface area contributed by atoms with Crippen molar-refractivity contribution in [3.8, 4) is 10.6 Å². The summed E-state index contributed by atoms with van der Waals surface area (Å²) in [6.07, 6.45) is 1.89. The largest absolute Gasteiger partial charge is 0.296 e. The van der Waals surface area contributed by atoms with Crippen molar-refractivity contribution < 1.29 is 4.79 Å². The number of hydrogen-bond donors (Lipinski definition) is 1.